The summed E-state index contributed by atoms with van der Waals surface area (Å²) in [6, 6.07) is 0. The zero-order valence-electron chi connectivity index (χ0n) is 5.97. The zero-order valence-corrected chi connectivity index (χ0v) is 5.97. The summed E-state index contributed by atoms with van der Waals surface area (Å²) in [6.45, 7) is 2.26. The second kappa shape index (κ2) is 2.68. The van der Waals surface area contributed by atoms with Gasteiger partial charge >= 0.3 is 0 Å². The molecule has 0 aliphatic rings. The third kappa shape index (κ3) is 1.10. The first-order valence-electron chi connectivity index (χ1n) is 3.06. The van der Waals surface area contributed by atoms with Crippen LogP contribution < -0.4 is 4.74 Å². The minimum Gasteiger partial charge on any atom is -0.488 e. The summed E-state index contributed by atoms with van der Waals surface area (Å²) in [7, 11) is 1.53. The van der Waals surface area contributed by atoms with Gasteiger partial charge in [0, 0.05) is 7.05 Å². The maximum Gasteiger partial charge on any atom is 0.253 e. The molecule has 0 saturated carbocycles. The number of rotatable bonds is 2. The van der Waals surface area contributed by atoms with E-state index < -0.39 is 5.95 Å². The van der Waals surface area contributed by atoms with E-state index in [1.54, 1.807) is 6.92 Å². The molecule has 0 aliphatic heterocycles. The zero-order chi connectivity index (χ0) is 7.56. The van der Waals surface area contributed by atoms with Gasteiger partial charge in [0.25, 0.3) is 5.95 Å². The second-order valence-electron chi connectivity index (χ2n) is 1.86. The minimum atomic E-state index is -0.429. The molecule has 0 saturated heterocycles. The standard InChI is InChI=1S/C6H9FN2O/c1-3-10-5-4-8-9(2)6(5)7/h4H,3H2,1-2H3. The molecule has 56 valence electrons. The summed E-state index contributed by atoms with van der Waals surface area (Å²) < 4.78 is 18.8. The third-order valence-electron chi connectivity index (χ3n) is 1.14. The Kier molecular flexibility index (Phi) is 1.89. The van der Waals surface area contributed by atoms with Crippen LogP contribution in [0.5, 0.6) is 5.75 Å². The fourth-order valence-corrected chi connectivity index (χ4v) is 0.655. The molecule has 1 aromatic rings. The highest BCUT2D eigenvalue weighted by molar-refractivity contribution is 5.13. The minimum absolute atomic E-state index is 0.213. The van der Waals surface area contributed by atoms with Crippen molar-refractivity contribution in [3.8, 4) is 5.75 Å². The van der Waals surface area contributed by atoms with Gasteiger partial charge in [-0.2, -0.15) is 9.49 Å². The number of hydrogen-bond acceptors (Lipinski definition) is 2. The van der Waals surface area contributed by atoms with E-state index in [2.05, 4.69) is 5.10 Å². The van der Waals surface area contributed by atoms with Gasteiger partial charge in [0.1, 0.15) is 0 Å². The van der Waals surface area contributed by atoms with Crippen LogP contribution in [0.2, 0.25) is 0 Å². The Balaban J connectivity index is 2.83. The molecule has 0 atom stereocenters. The Labute approximate surface area is 58.4 Å². The predicted molar refractivity (Wildman–Crippen MR) is 34.3 cm³/mol. The van der Waals surface area contributed by atoms with Crippen molar-refractivity contribution in [2.45, 2.75) is 6.92 Å². The number of aryl methyl sites for hydroxylation is 1. The Morgan fingerprint density at radius 3 is 2.90 bits per heavy atom. The van der Waals surface area contributed by atoms with Crippen molar-refractivity contribution in [1.82, 2.24) is 9.78 Å². The molecule has 0 spiro atoms. The highest BCUT2D eigenvalue weighted by Crippen LogP contribution is 2.13. The van der Waals surface area contributed by atoms with E-state index in [1.807, 2.05) is 0 Å². The van der Waals surface area contributed by atoms with Crippen molar-refractivity contribution in [1.29, 1.82) is 0 Å². The van der Waals surface area contributed by atoms with Crippen LogP contribution in [0.15, 0.2) is 6.20 Å². The lowest BCUT2D eigenvalue weighted by Gasteiger charge is -1.96. The topological polar surface area (TPSA) is 27.1 Å². The lowest BCUT2D eigenvalue weighted by molar-refractivity contribution is 0.315. The van der Waals surface area contributed by atoms with Gasteiger partial charge in [-0.3, -0.25) is 0 Å². The van der Waals surface area contributed by atoms with Crippen LogP contribution in [0.25, 0.3) is 0 Å². The van der Waals surface area contributed by atoms with Crippen molar-refractivity contribution in [2.24, 2.45) is 7.05 Å². The first-order valence-corrected chi connectivity index (χ1v) is 3.06. The van der Waals surface area contributed by atoms with E-state index >= 15 is 0 Å². The van der Waals surface area contributed by atoms with Crippen molar-refractivity contribution in [3.05, 3.63) is 12.1 Å². The Bertz CT molecular complexity index is 222. The molecule has 4 heteroatoms. The number of aromatic nitrogens is 2. The number of hydrogen-bond donors (Lipinski definition) is 0. The summed E-state index contributed by atoms with van der Waals surface area (Å²) in [5.41, 5.74) is 0. The average molecular weight is 144 g/mol. The van der Waals surface area contributed by atoms with Crippen LogP contribution in [-0.4, -0.2) is 16.4 Å². The summed E-state index contributed by atoms with van der Waals surface area (Å²) in [6.07, 6.45) is 1.36. The van der Waals surface area contributed by atoms with Crippen LogP contribution in [0.1, 0.15) is 6.92 Å². The van der Waals surface area contributed by atoms with Gasteiger partial charge < -0.3 is 4.74 Å². The second-order valence-corrected chi connectivity index (χ2v) is 1.86. The smallest absolute Gasteiger partial charge is 0.253 e. The van der Waals surface area contributed by atoms with E-state index in [0.29, 0.717) is 6.61 Å². The monoisotopic (exact) mass is 144 g/mol. The Hall–Kier alpha value is -1.06. The van der Waals surface area contributed by atoms with Gasteiger partial charge in [-0.25, -0.2) is 4.68 Å². The van der Waals surface area contributed by atoms with E-state index in [1.165, 1.54) is 13.2 Å². The van der Waals surface area contributed by atoms with Gasteiger partial charge in [0.2, 0.25) is 0 Å². The molecular formula is C6H9FN2O. The molecule has 0 radical (unpaired) electrons. The van der Waals surface area contributed by atoms with E-state index in [-0.39, 0.29) is 5.75 Å². The normalized spacial score (nSPS) is 9.90. The van der Waals surface area contributed by atoms with Crippen molar-refractivity contribution < 1.29 is 9.13 Å². The molecule has 0 aromatic carbocycles. The molecule has 1 heterocycles. The molecule has 0 unspecified atom stereocenters. The highest BCUT2D eigenvalue weighted by atomic mass is 19.1. The van der Waals surface area contributed by atoms with E-state index in [4.69, 9.17) is 4.74 Å². The molecule has 1 aromatic heterocycles. The summed E-state index contributed by atoms with van der Waals surface area (Å²) in [5.74, 6) is -0.216. The SMILES string of the molecule is CCOc1cnn(C)c1F. The van der Waals surface area contributed by atoms with Crippen LogP contribution >= 0.6 is 0 Å². The quantitative estimate of drug-likeness (QED) is 0.618. The summed E-state index contributed by atoms with van der Waals surface area (Å²) >= 11 is 0. The lowest BCUT2D eigenvalue weighted by Crippen LogP contribution is -1.96. The van der Waals surface area contributed by atoms with E-state index in [0.717, 1.165) is 4.68 Å². The van der Waals surface area contributed by atoms with Crippen LogP contribution in [0, 0.1) is 5.95 Å². The maximum atomic E-state index is 12.7. The van der Waals surface area contributed by atoms with E-state index in [9.17, 15) is 4.39 Å². The number of nitrogens with zero attached hydrogens (tertiary/aromatic N) is 2. The Morgan fingerprint density at radius 2 is 2.50 bits per heavy atom. The first-order chi connectivity index (χ1) is 4.75. The molecule has 3 nitrogen and oxygen atoms in total. The van der Waals surface area contributed by atoms with Gasteiger partial charge in [-0.15, -0.1) is 0 Å². The maximum absolute atomic E-state index is 12.7. The van der Waals surface area contributed by atoms with Gasteiger partial charge in [0.15, 0.2) is 5.75 Å². The van der Waals surface area contributed by atoms with Gasteiger partial charge in [-0.1, -0.05) is 0 Å². The summed E-state index contributed by atoms with van der Waals surface area (Å²) in [5, 5.41) is 3.65. The van der Waals surface area contributed by atoms with Crippen molar-refractivity contribution in [3.63, 3.8) is 0 Å². The predicted octanol–water partition coefficient (Wildman–Crippen LogP) is 0.958. The molecule has 0 aliphatic carbocycles. The largest absolute Gasteiger partial charge is 0.488 e. The van der Waals surface area contributed by atoms with Crippen LogP contribution in [-0.2, 0) is 7.05 Å². The van der Waals surface area contributed by atoms with Gasteiger partial charge in [-0.05, 0) is 6.92 Å². The fraction of sp³-hybridized carbons (Fsp3) is 0.500. The van der Waals surface area contributed by atoms with Crippen molar-refractivity contribution >= 4 is 0 Å². The van der Waals surface area contributed by atoms with Gasteiger partial charge in [0.05, 0.1) is 12.8 Å². The van der Waals surface area contributed by atoms with Crippen LogP contribution in [0.3, 0.4) is 0 Å². The molecular weight excluding hydrogens is 135 g/mol. The average Bonchev–Trinajstić information content (AvgIpc) is 2.20. The Morgan fingerprint density at radius 1 is 1.80 bits per heavy atom. The van der Waals surface area contributed by atoms with Crippen LogP contribution in [0.4, 0.5) is 4.39 Å². The molecule has 0 N–H and O–H groups in total. The molecule has 0 amide bonds. The number of halogens is 1. The highest BCUT2D eigenvalue weighted by Gasteiger charge is 2.06. The third-order valence-corrected chi connectivity index (χ3v) is 1.14. The van der Waals surface area contributed by atoms with Crippen molar-refractivity contribution in [2.75, 3.05) is 6.61 Å². The molecule has 0 fully saturated rings. The first kappa shape index (κ1) is 7.05. The molecule has 0 bridgehead atoms. The lowest BCUT2D eigenvalue weighted by atomic mass is 10.6. The fourth-order valence-electron chi connectivity index (χ4n) is 0.655. The summed E-state index contributed by atoms with van der Waals surface area (Å²) in [4.78, 5) is 0. The molecule has 10 heavy (non-hydrogen) atoms. The molecule has 1 rings (SSSR count). The number of ether oxygens (including phenoxy) is 1.